The first-order chi connectivity index (χ1) is 9.91. The minimum atomic E-state index is -0.121. The molecule has 2 aromatic rings. The summed E-state index contributed by atoms with van der Waals surface area (Å²) in [5.41, 5.74) is 9.76. The molecule has 0 spiro atoms. The van der Waals surface area contributed by atoms with Crippen LogP contribution in [0.2, 0.25) is 0 Å². The molecule has 3 N–H and O–H groups in total. The maximum Gasteiger partial charge on any atom is 0.138 e. The molecule has 0 unspecified atom stereocenters. The Balaban J connectivity index is 1.89. The van der Waals surface area contributed by atoms with Crippen LogP contribution in [0.25, 0.3) is 0 Å². The fraction of sp³-hybridized carbons (Fsp3) is 0.412. The van der Waals surface area contributed by atoms with Crippen LogP contribution in [0.1, 0.15) is 44.1 Å². The van der Waals surface area contributed by atoms with Crippen LogP contribution < -0.4 is 11.1 Å². The summed E-state index contributed by atoms with van der Waals surface area (Å²) >= 11 is 0. The third-order valence-corrected chi connectivity index (χ3v) is 3.79. The lowest BCUT2D eigenvalue weighted by atomic mass is 9.96. The van der Waals surface area contributed by atoms with Crippen molar-refractivity contribution in [3.8, 4) is 0 Å². The van der Waals surface area contributed by atoms with Gasteiger partial charge >= 0.3 is 0 Å². The van der Waals surface area contributed by atoms with Gasteiger partial charge in [0.1, 0.15) is 17.5 Å². The first-order valence-electron chi connectivity index (χ1n) is 7.46. The van der Waals surface area contributed by atoms with Crippen molar-refractivity contribution in [1.82, 2.24) is 9.97 Å². The molecule has 0 aliphatic heterocycles. The van der Waals surface area contributed by atoms with Crippen molar-refractivity contribution in [2.75, 3.05) is 11.1 Å². The van der Waals surface area contributed by atoms with Gasteiger partial charge in [0.05, 0.1) is 0 Å². The van der Waals surface area contributed by atoms with Gasteiger partial charge in [0.25, 0.3) is 0 Å². The second-order valence-corrected chi connectivity index (χ2v) is 6.71. The first kappa shape index (κ1) is 13.9. The van der Waals surface area contributed by atoms with E-state index in [1.807, 2.05) is 0 Å². The Kier molecular flexibility index (Phi) is 3.32. The minimum Gasteiger partial charge on any atom is -0.384 e. The average Bonchev–Trinajstić information content (AvgIpc) is 2.84. The van der Waals surface area contributed by atoms with Crippen molar-refractivity contribution < 1.29 is 0 Å². The summed E-state index contributed by atoms with van der Waals surface area (Å²) in [4.78, 5) is 8.92. The average molecular weight is 282 g/mol. The monoisotopic (exact) mass is 282 g/mol. The number of aryl methyl sites for hydroxylation is 2. The normalized spacial score (nSPS) is 14.0. The van der Waals surface area contributed by atoms with Crippen LogP contribution in [0.3, 0.4) is 0 Å². The molecule has 0 atom stereocenters. The molecule has 1 aliphatic carbocycles. The van der Waals surface area contributed by atoms with Gasteiger partial charge in [-0.2, -0.15) is 0 Å². The summed E-state index contributed by atoms with van der Waals surface area (Å²) in [7, 11) is 0. The van der Waals surface area contributed by atoms with Gasteiger partial charge in [-0.1, -0.05) is 26.8 Å². The number of benzene rings is 1. The van der Waals surface area contributed by atoms with Crippen molar-refractivity contribution in [2.24, 2.45) is 0 Å². The van der Waals surface area contributed by atoms with Crippen molar-refractivity contribution in [3.63, 3.8) is 0 Å². The van der Waals surface area contributed by atoms with Crippen LogP contribution in [0, 0.1) is 0 Å². The molecule has 21 heavy (non-hydrogen) atoms. The Morgan fingerprint density at radius 1 is 1.05 bits per heavy atom. The van der Waals surface area contributed by atoms with E-state index in [9.17, 15) is 0 Å². The van der Waals surface area contributed by atoms with Crippen LogP contribution in [0.4, 0.5) is 17.3 Å². The predicted molar refractivity (Wildman–Crippen MR) is 86.9 cm³/mol. The third kappa shape index (κ3) is 2.99. The van der Waals surface area contributed by atoms with Gasteiger partial charge in [0, 0.05) is 17.2 Å². The second-order valence-electron chi connectivity index (χ2n) is 6.71. The smallest absolute Gasteiger partial charge is 0.138 e. The van der Waals surface area contributed by atoms with E-state index in [4.69, 9.17) is 5.73 Å². The molecule has 0 saturated carbocycles. The zero-order valence-electron chi connectivity index (χ0n) is 12.9. The second kappa shape index (κ2) is 5.02. The number of nitrogen functional groups attached to an aromatic ring is 1. The Bertz CT molecular complexity index is 671. The van der Waals surface area contributed by atoms with Crippen LogP contribution in [-0.2, 0) is 18.3 Å². The standard InChI is InChI=1S/C17H22N4/c1-17(2,3)16-20-14(18)10-15(21-16)19-13-8-7-11-5-4-6-12(11)9-13/h7-10H,4-6H2,1-3H3,(H3,18,19,20,21). The molecule has 0 fully saturated rings. The van der Waals surface area contributed by atoms with E-state index in [2.05, 4.69) is 54.3 Å². The number of fused-ring (bicyclic) bond motifs is 1. The maximum absolute atomic E-state index is 5.91. The molecule has 4 nitrogen and oxygen atoms in total. The molecule has 1 aliphatic rings. The largest absolute Gasteiger partial charge is 0.384 e. The van der Waals surface area contributed by atoms with E-state index in [1.54, 1.807) is 6.07 Å². The van der Waals surface area contributed by atoms with Gasteiger partial charge < -0.3 is 11.1 Å². The van der Waals surface area contributed by atoms with E-state index in [1.165, 1.54) is 30.4 Å². The zero-order chi connectivity index (χ0) is 15.0. The Morgan fingerprint density at radius 2 is 1.81 bits per heavy atom. The van der Waals surface area contributed by atoms with Gasteiger partial charge in [-0.25, -0.2) is 9.97 Å². The van der Waals surface area contributed by atoms with Gasteiger partial charge in [-0.3, -0.25) is 0 Å². The van der Waals surface area contributed by atoms with E-state index >= 15 is 0 Å². The molecule has 0 amide bonds. The van der Waals surface area contributed by atoms with Gasteiger partial charge in [0.15, 0.2) is 0 Å². The Morgan fingerprint density at radius 3 is 2.57 bits per heavy atom. The van der Waals surface area contributed by atoms with E-state index in [-0.39, 0.29) is 5.41 Å². The molecule has 4 heteroatoms. The number of aromatic nitrogens is 2. The number of nitrogens with zero attached hydrogens (tertiary/aromatic N) is 2. The van der Waals surface area contributed by atoms with Crippen LogP contribution in [0.5, 0.6) is 0 Å². The quantitative estimate of drug-likeness (QED) is 0.883. The number of nitrogens with one attached hydrogen (secondary N) is 1. The van der Waals surface area contributed by atoms with E-state index < -0.39 is 0 Å². The number of hydrogen-bond donors (Lipinski definition) is 2. The molecule has 0 bridgehead atoms. The summed E-state index contributed by atoms with van der Waals surface area (Å²) in [5.74, 6) is 2.01. The highest BCUT2D eigenvalue weighted by Gasteiger charge is 2.19. The molecule has 1 aromatic carbocycles. The summed E-state index contributed by atoms with van der Waals surface area (Å²) in [5, 5.41) is 3.36. The summed E-state index contributed by atoms with van der Waals surface area (Å²) in [6.45, 7) is 6.25. The van der Waals surface area contributed by atoms with Crippen LogP contribution >= 0.6 is 0 Å². The first-order valence-corrected chi connectivity index (χ1v) is 7.46. The predicted octanol–water partition coefficient (Wildman–Crippen LogP) is 3.59. The lowest BCUT2D eigenvalue weighted by Gasteiger charge is -2.18. The Hall–Kier alpha value is -2.10. The Labute approximate surface area is 125 Å². The SMILES string of the molecule is CC(C)(C)c1nc(N)cc(Nc2ccc3c(c2)CCC3)n1. The summed E-state index contributed by atoms with van der Waals surface area (Å²) in [6.07, 6.45) is 3.63. The number of nitrogens with two attached hydrogens (primary N) is 1. The summed E-state index contributed by atoms with van der Waals surface area (Å²) in [6, 6.07) is 8.32. The fourth-order valence-electron chi connectivity index (χ4n) is 2.66. The maximum atomic E-state index is 5.91. The van der Waals surface area contributed by atoms with Crippen molar-refractivity contribution in [3.05, 3.63) is 41.2 Å². The van der Waals surface area contributed by atoms with Gasteiger partial charge in [0.2, 0.25) is 0 Å². The highest BCUT2D eigenvalue weighted by atomic mass is 15.1. The number of hydrogen-bond acceptors (Lipinski definition) is 4. The topological polar surface area (TPSA) is 63.8 Å². The van der Waals surface area contributed by atoms with E-state index in [0.29, 0.717) is 5.82 Å². The van der Waals surface area contributed by atoms with Crippen molar-refractivity contribution in [1.29, 1.82) is 0 Å². The highest BCUT2D eigenvalue weighted by Crippen LogP contribution is 2.27. The number of anilines is 3. The fourth-order valence-corrected chi connectivity index (χ4v) is 2.66. The molecule has 1 heterocycles. The lowest BCUT2D eigenvalue weighted by Crippen LogP contribution is -2.17. The number of rotatable bonds is 2. The van der Waals surface area contributed by atoms with Crippen LogP contribution in [-0.4, -0.2) is 9.97 Å². The highest BCUT2D eigenvalue weighted by molar-refractivity contribution is 5.60. The zero-order valence-corrected chi connectivity index (χ0v) is 12.9. The van der Waals surface area contributed by atoms with E-state index in [0.717, 1.165) is 17.3 Å². The molecule has 3 rings (SSSR count). The van der Waals surface area contributed by atoms with Gasteiger partial charge in [-0.15, -0.1) is 0 Å². The summed E-state index contributed by atoms with van der Waals surface area (Å²) < 4.78 is 0. The van der Waals surface area contributed by atoms with Gasteiger partial charge in [-0.05, 0) is 42.5 Å². The third-order valence-electron chi connectivity index (χ3n) is 3.79. The molecule has 0 radical (unpaired) electrons. The van der Waals surface area contributed by atoms with Crippen molar-refractivity contribution >= 4 is 17.3 Å². The molecule has 1 aromatic heterocycles. The molecule has 110 valence electrons. The molecular weight excluding hydrogens is 260 g/mol. The van der Waals surface area contributed by atoms with Crippen molar-refractivity contribution in [2.45, 2.75) is 45.4 Å². The lowest BCUT2D eigenvalue weighted by molar-refractivity contribution is 0.547. The molecule has 0 saturated heterocycles. The van der Waals surface area contributed by atoms with Crippen LogP contribution in [0.15, 0.2) is 24.3 Å². The molecular formula is C17H22N4. The minimum absolute atomic E-state index is 0.121.